The van der Waals surface area contributed by atoms with Crippen molar-refractivity contribution in [2.24, 2.45) is 11.8 Å². The van der Waals surface area contributed by atoms with E-state index in [1.54, 1.807) is 0 Å². The predicted octanol–water partition coefficient (Wildman–Crippen LogP) is 2.12. The van der Waals surface area contributed by atoms with Gasteiger partial charge in [-0.3, -0.25) is 9.69 Å². The molecule has 0 bridgehead atoms. The Morgan fingerprint density at radius 2 is 1.69 bits per heavy atom. The van der Waals surface area contributed by atoms with Gasteiger partial charge in [0, 0.05) is 30.7 Å². The van der Waals surface area contributed by atoms with Crippen molar-refractivity contribution >= 4 is 27.5 Å². The summed E-state index contributed by atoms with van der Waals surface area (Å²) >= 11 is 5.84. The van der Waals surface area contributed by atoms with Crippen LogP contribution in [0.4, 0.5) is 0 Å². The largest absolute Gasteiger partial charge is 0.379 e. The molecule has 0 spiro atoms. The summed E-state index contributed by atoms with van der Waals surface area (Å²) in [5.41, 5.74) is 0. The average Bonchev–Trinajstić information content (AvgIpc) is 2.67. The van der Waals surface area contributed by atoms with Crippen molar-refractivity contribution in [3.8, 4) is 0 Å². The first kappa shape index (κ1) is 24.1. The average molecular weight is 446 g/mol. The molecule has 2 atom stereocenters. The summed E-state index contributed by atoms with van der Waals surface area (Å²) in [7, 11) is -3.84. The van der Waals surface area contributed by atoms with Crippen molar-refractivity contribution in [2.45, 2.75) is 44.7 Å². The Morgan fingerprint density at radius 1 is 1.10 bits per heavy atom. The minimum absolute atomic E-state index is 0.0775. The highest BCUT2D eigenvalue weighted by Gasteiger charge is 2.30. The lowest BCUT2D eigenvalue weighted by Gasteiger charge is -2.37. The van der Waals surface area contributed by atoms with Crippen LogP contribution in [0.2, 0.25) is 5.02 Å². The maximum atomic E-state index is 12.9. The highest BCUT2D eigenvalue weighted by Crippen LogP contribution is 2.16. The quantitative estimate of drug-likeness (QED) is 0.607. The summed E-state index contributed by atoms with van der Waals surface area (Å²) < 4.78 is 33.4. The number of carbonyl (C=O) groups excluding carboxylic acids is 1. The first-order chi connectivity index (χ1) is 13.6. The second-order valence-corrected chi connectivity index (χ2v) is 10.2. The van der Waals surface area contributed by atoms with E-state index >= 15 is 0 Å². The minimum Gasteiger partial charge on any atom is -0.379 e. The van der Waals surface area contributed by atoms with Gasteiger partial charge < -0.3 is 10.1 Å². The van der Waals surface area contributed by atoms with Crippen LogP contribution in [0.25, 0.3) is 0 Å². The van der Waals surface area contributed by atoms with Crippen molar-refractivity contribution < 1.29 is 17.9 Å². The zero-order chi connectivity index (χ0) is 21.6. The van der Waals surface area contributed by atoms with Crippen LogP contribution in [0.15, 0.2) is 29.2 Å². The number of rotatable bonds is 9. The molecule has 1 saturated heterocycles. The minimum atomic E-state index is -3.84. The first-order valence-corrected chi connectivity index (χ1v) is 11.9. The Morgan fingerprint density at radius 3 is 2.21 bits per heavy atom. The van der Waals surface area contributed by atoms with Gasteiger partial charge in [-0.1, -0.05) is 39.3 Å². The van der Waals surface area contributed by atoms with Gasteiger partial charge in [-0.25, -0.2) is 8.42 Å². The van der Waals surface area contributed by atoms with Crippen molar-refractivity contribution in [1.82, 2.24) is 14.9 Å². The zero-order valence-corrected chi connectivity index (χ0v) is 19.1. The summed E-state index contributed by atoms with van der Waals surface area (Å²) in [4.78, 5) is 15.2. The summed E-state index contributed by atoms with van der Waals surface area (Å²) in [6, 6.07) is 5.17. The van der Waals surface area contributed by atoms with Gasteiger partial charge >= 0.3 is 0 Å². The van der Waals surface area contributed by atoms with E-state index in [1.807, 2.05) is 13.8 Å². The fraction of sp³-hybridized carbons (Fsp3) is 0.650. The molecule has 1 aliphatic heterocycles. The molecule has 1 aromatic carbocycles. The van der Waals surface area contributed by atoms with Gasteiger partial charge in [-0.15, -0.1) is 0 Å². The second kappa shape index (κ2) is 10.7. The van der Waals surface area contributed by atoms with Crippen molar-refractivity contribution in [3.05, 3.63) is 29.3 Å². The molecule has 164 valence electrons. The number of amides is 1. The van der Waals surface area contributed by atoms with Crippen LogP contribution in [-0.4, -0.2) is 64.2 Å². The molecule has 1 aromatic rings. The maximum absolute atomic E-state index is 12.9. The van der Waals surface area contributed by atoms with E-state index < -0.39 is 16.1 Å². The lowest BCUT2D eigenvalue weighted by Crippen LogP contribution is -2.55. The normalized spacial score (nSPS) is 18.0. The number of hydrogen-bond acceptors (Lipinski definition) is 5. The summed E-state index contributed by atoms with van der Waals surface area (Å²) in [6.45, 7) is 11.4. The molecule has 29 heavy (non-hydrogen) atoms. The fourth-order valence-corrected chi connectivity index (χ4v) is 4.82. The number of ether oxygens (including phenoxy) is 1. The van der Waals surface area contributed by atoms with Crippen LogP contribution in [0.5, 0.6) is 0 Å². The van der Waals surface area contributed by atoms with Crippen LogP contribution in [0.3, 0.4) is 0 Å². The van der Waals surface area contributed by atoms with E-state index in [4.69, 9.17) is 16.3 Å². The third-order valence-electron chi connectivity index (χ3n) is 5.12. The Kier molecular flexibility index (Phi) is 8.91. The third-order valence-corrected chi connectivity index (χ3v) is 6.83. The number of nitrogens with zero attached hydrogens (tertiary/aromatic N) is 1. The van der Waals surface area contributed by atoms with E-state index in [-0.39, 0.29) is 22.8 Å². The van der Waals surface area contributed by atoms with Crippen LogP contribution < -0.4 is 10.0 Å². The Hall–Kier alpha value is -1.19. The van der Waals surface area contributed by atoms with Gasteiger partial charge in [-0.2, -0.15) is 4.72 Å². The molecule has 1 amide bonds. The monoisotopic (exact) mass is 445 g/mol. The van der Waals surface area contributed by atoms with Gasteiger partial charge in [0.15, 0.2) is 0 Å². The molecular weight excluding hydrogens is 414 g/mol. The number of carbonyl (C=O) groups is 1. The maximum Gasteiger partial charge on any atom is 0.241 e. The van der Waals surface area contributed by atoms with Gasteiger partial charge in [0.25, 0.3) is 0 Å². The van der Waals surface area contributed by atoms with Crippen LogP contribution in [0.1, 0.15) is 27.7 Å². The molecular formula is C20H32ClN3O4S. The molecule has 0 saturated carbocycles. The Labute approximate surface area is 179 Å². The molecule has 0 aromatic heterocycles. The Balaban J connectivity index is 2.05. The molecule has 0 aliphatic carbocycles. The van der Waals surface area contributed by atoms with Crippen molar-refractivity contribution in [1.29, 1.82) is 0 Å². The topological polar surface area (TPSA) is 87.7 Å². The molecule has 0 unspecified atom stereocenters. The highest BCUT2D eigenvalue weighted by atomic mass is 35.5. The van der Waals surface area contributed by atoms with Gasteiger partial charge in [0.1, 0.15) is 6.04 Å². The van der Waals surface area contributed by atoms with E-state index in [2.05, 4.69) is 28.8 Å². The standard InChI is InChI=1S/C20H32ClN3O4S/c1-14(2)18(24-9-11-28-12-10-24)13-22-20(25)19(15(3)4)23-29(26,27)17-7-5-16(21)6-8-17/h5-8,14-15,18-19,23H,9-13H2,1-4H3,(H,22,25)/t18-,19-/m1/s1. The number of hydrogen-bond donors (Lipinski definition) is 2. The summed E-state index contributed by atoms with van der Waals surface area (Å²) in [5.74, 6) is -0.189. The molecule has 1 fully saturated rings. The predicted molar refractivity (Wildman–Crippen MR) is 114 cm³/mol. The Bertz CT molecular complexity index is 762. The van der Waals surface area contributed by atoms with Gasteiger partial charge in [0.05, 0.1) is 18.1 Å². The number of halogens is 1. The fourth-order valence-electron chi connectivity index (χ4n) is 3.35. The van der Waals surface area contributed by atoms with E-state index in [1.165, 1.54) is 24.3 Å². The second-order valence-electron chi connectivity index (χ2n) is 8.00. The molecule has 0 radical (unpaired) electrons. The molecule has 9 heteroatoms. The van der Waals surface area contributed by atoms with Crippen LogP contribution >= 0.6 is 11.6 Å². The van der Waals surface area contributed by atoms with Crippen molar-refractivity contribution in [2.75, 3.05) is 32.8 Å². The van der Waals surface area contributed by atoms with Crippen LogP contribution in [-0.2, 0) is 19.6 Å². The number of nitrogens with one attached hydrogen (secondary N) is 2. The lowest BCUT2D eigenvalue weighted by atomic mass is 10.0. The number of sulfonamides is 1. The van der Waals surface area contributed by atoms with E-state index in [0.717, 1.165) is 13.1 Å². The zero-order valence-electron chi connectivity index (χ0n) is 17.5. The summed E-state index contributed by atoms with van der Waals surface area (Å²) in [5, 5.41) is 3.41. The molecule has 2 N–H and O–H groups in total. The van der Waals surface area contributed by atoms with Gasteiger partial charge in [0.2, 0.25) is 15.9 Å². The van der Waals surface area contributed by atoms with Crippen molar-refractivity contribution in [3.63, 3.8) is 0 Å². The lowest BCUT2D eigenvalue weighted by molar-refractivity contribution is -0.124. The molecule has 1 heterocycles. The summed E-state index contributed by atoms with van der Waals surface area (Å²) in [6.07, 6.45) is 0. The van der Waals surface area contributed by atoms with Crippen LogP contribution in [0, 0.1) is 11.8 Å². The number of benzene rings is 1. The van der Waals surface area contributed by atoms with Gasteiger partial charge in [-0.05, 0) is 36.1 Å². The highest BCUT2D eigenvalue weighted by molar-refractivity contribution is 7.89. The van der Waals surface area contributed by atoms with E-state index in [9.17, 15) is 13.2 Å². The molecule has 2 rings (SSSR count). The first-order valence-electron chi connectivity index (χ1n) is 9.99. The molecule has 7 nitrogen and oxygen atoms in total. The number of morpholine rings is 1. The third kappa shape index (κ3) is 6.93. The molecule has 1 aliphatic rings. The smallest absolute Gasteiger partial charge is 0.241 e. The van der Waals surface area contributed by atoms with E-state index in [0.29, 0.717) is 30.7 Å². The SMILES string of the molecule is CC(C)[C@@H](CNC(=O)[C@H](NS(=O)(=O)c1ccc(Cl)cc1)C(C)C)N1CCOCC1.